The molecule has 1 aromatic heterocycles. The first-order chi connectivity index (χ1) is 10.2. The molecule has 2 aromatic rings. The standard InChI is InChI=1S/C17H17N3O/c1-13(16-8-10-19-11-9-16)20-17(21)7-6-14-2-4-15(12-18)5-3-14/h2-5,8-11,13H,6-7H2,1H3,(H,20,21). The van der Waals surface area contributed by atoms with Crippen molar-refractivity contribution in [3.8, 4) is 6.07 Å². The number of nitrogens with one attached hydrogen (secondary N) is 1. The third kappa shape index (κ3) is 4.43. The maximum atomic E-state index is 11.9. The van der Waals surface area contributed by atoms with Gasteiger partial charge in [-0.1, -0.05) is 12.1 Å². The molecule has 0 radical (unpaired) electrons. The molecule has 0 aliphatic heterocycles. The number of carbonyl (C=O) groups is 1. The van der Waals surface area contributed by atoms with Gasteiger partial charge in [0.15, 0.2) is 0 Å². The minimum absolute atomic E-state index is 0.0173. The van der Waals surface area contributed by atoms with Gasteiger partial charge < -0.3 is 5.32 Å². The molecule has 0 saturated heterocycles. The van der Waals surface area contributed by atoms with Crippen LogP contribution < -0.4 is 5.32 Å². The predicted octanol–water partition coefficient (Wildman–Crippen LogP) is 2.76. The number of carbonyl (C=O) groups excluding carboxylic acids is 1. The Morgan fingerprint density at radius 2 is 1.90 bits per heavy atom. The van der Waals surface area contributed by atoms with Crippen LogP contribution in [0.25, 0.3) is 0 Å². The number of nitriles is 1. The largest absolute Gasteiger partial charge is 0.350 e. The highest BCUT2D eigenvalue weighted by Gasteiger charge is 2.09. The second kappa shape index (κ2) is 7.20. The number of hydrogen-bond acceptors (Lipinski definition) is 3. The Morgan fingerprint density at radius 3 is 2.52 bits per heavy atom. The Bertz CT molecular complexity index is 629. The van der Waals surface area contributed by atoms with Crippen LogP contribution in [0.2, 0.25) is 0 Å². The van der Waals surface area contributed by atoms with Gasteiger partial charge in [0.2, 0.25) is 5.91 Å². The van der Waals surface area contributed by atoms with E-state index in [1.165, 1.54) is 0 Å². The third-order valence-corrected chi connectivity index (χ3v) is 3.31. The number of nitrogens with zero attached hydrogens (tertiary/aromatic N) is 2. The van der Waals surface area contributed by atoms with Crippen molar-refractivity contribution in [1.82, 2.24) is 10.3 Å². The molecule has 1 amide bonds. The van der Waals surface area contributed by atoms with E-state index in [0.29, 0.717) is 18.4 Å². The highest BCUT2D eigenvalue weighted by atomic mass is 16.1. The van der Waals surface area contributed by atoms with Crippen LogP contribution >= 0.6 is 0 Å². The Morgan fingerprint density at radius 1 is 1.24 bits per heavy atom. The average molecular weight is 279 g/mol. The second-order valence-corrected chi connectivity index (χ2v) is 4.88. The van der Waals surface area contributed by atoms with Crippen molar-refractivity contribution in [2.45, 2.75) is 25.8 Å². The fourth-order valence-electron chi connectivity index (χ4n) is 2.05. The van der Waals surface area contributed by atoms with E-state index in [1.54, 1.807) is 24.5 Å². The zero-order valence-corrected chi connectivity index (χ0v) is 11.9. The van der Waals surface area contributed by atoms with Gasteiger partial charge in [0, 0.05) is 18.8 Å². The van der Waals surface area contributed by atoms with Crippen molar-refractivity contribution >= 4 is 5.91 Å². The van der Waals surface area contributed by atoms with Crippen LogP contribution in [0, 0.1) is 11.3 Å². The highest BCUT2D eigenvalue weighted by Crippen LogP contribution is 2.11. The number of amides is 1. The molecular formula is C17H17N3O. The smallest absolute Gasteiger partial charge is 0.220 e. The summed E-state index contributed by atoms with van der Waals surface area (Å²) in [5.41, 5.74) is 2.73. The van der Waals surface area contributed by atoms with Gasteiger partial charge in [-0.2, -0.15) is 5.26 Å². The predicted molar refractivity (Wildman–Crippen MR) is 80.3 cm³/mol. The lowest BCUT2D eigenvalue weighted by molar-refractivity contribution is -0.121. The Balaban J connectivity index is 1.83. The summed E-state index contributed by atoms with van der Waals surface area (Å²) in [6.07, 6.45) is 4.53. The maximum Gasteiger partial charge on any atom is 0.220 e. The summed E-state index contributed by atoms with van der Waals surface area (Å²) in [6.45, 7) is 1.95. The molecule has 0 spiro atoms. The van der Waals surface area contributed by atoms with E-state index in [-0.39, 0.29) is 11.9 Å². The molecule has 0 bridgehead atoms. The zero-order chi connectivity index (χ0) is 15.1. The molecule has 1 atom stereocenters. The molecule has 0 aliphatic carbocycles. The molecule has 0 saturated carbocycles. The van der Waals surface area contributed by atoms with Gasteiger partial charge >= 0.3 is 0 Å². The molecule has 1 N–H and O–H groups in total. The van der Waals surface area contributed by atoms with Crippen LogP contribution in [0.4, 0.5) is 0 Å². The van der Waals surface area contributed by atoms with E-state index in [4.69, 9.17) is 5.26 Å². The summed E-state index contributed by atoms with van der Waals surface area (Å²) >= 11 is 0. The lowest BCUT2D eigenvalue weighted by atomic mass is 10.1. The van der Waals surface area contributed by atoms with Crippen LogP contribution in [-0.2, 0) is 11.2 Å². The maximum absolute atomic E-state index is 11.9. The molecule has 1 unspecified atom stereocenters. The van der Waals surface area contributed by atoms with Gasteiger partial charge in [0.25, 0.3) is 0 Å². The average Bonchev–Trinajstić information content (AvgIpc) is 2.54. The van der Waals surface area contributed by atoms with Gasteiger partial charge in [0.1, 0.15) is 0 Å². The lowest BCUT2D eigenvalue weighted by Crippen LogP contribution is -2.26. The Hall–Kier alpha value is -2.67. The van der Waals surface area contributed by atoms with E-state index in [1.807, 2.05) is 31.2 Å². The van der Waals surface area contributed by atoms with Gasteiger partial charge in [-0.05, 0) is 48.7 Å². The molecule has 4 nitrogen and oxygen atoms in total. The molecular weight excluding hydrogens is 262 g/mol. The van der Waals surface area contributed by atoms with Crippen molar-refractivity contribution in [2.24, 2.45) is 0 Å². The summed E-state index contributed by atoms with van der Waals surface area (Å²) in [7, 11) is 0. The van der Waals surface area contributed by atoms with Gasteiger partial charge in [-0.3, -0.25) is 9.78 Å². The van der Waals surface area contributed by atoms with Crippen LogP contribution in [0.15, 0.2) is 48.8 Å². The fraction of sp³-hybridized carbons (Fsp3) is 0.235. The normalized spacial score (nSPS) is 11.4. The number of pyridine rings is 1. The SMILES string of the molecule is CC(NC(=O)CCc1ccc(C#N)cc1)c1ccncc1. The minimum atomic E-state index is -0.0264. The molecule has 2 rings (SSSR count). The highest BCUT2D eigenvalue weighted by molar-refractivity contribution is 5.76. The van der Waals surface area contributed by atoms with E-state index in [9.17, 15) is 4.79 Å². The number of aryl methyl sites for hydroxylation is 1. The van der Waals surface area contributed by atoms with Crippen LogP contribution in [0.3, 0.4) is 0 Å². The number of rotatable bonds is 5. The molecule has 106 valence electrons. The Labute approximate surface area is 124 Å². The molecule has 1 aromatic carbocycles. The van der Waals surface area contributed by atoms with Gasteiger partial charge in [-0.25, -0.2) is 0 Å². The van der Waals surface area contributed by atoms with Crippen LogP contribution in [-0.4, -0.2) is 10.9 Å². The molecule has 21 heavy (non-hydrogen) atoms. The quantitative estimate of drug-likeness (QED) is 0.915. The fourth-order valence-corrected chi connectivity index (χ4v) is 2.05. The summed E-state index contributed by atoms with van der Waals surface area (Å²) in [6, 6.07) is 13.2. The van der Waals surface area contributed by atoms with Crippen LogP contribution in [0.1, 0.15) is 36.1 Å². The van der Waals surface area contributed by atoms with Crippen molar-refractivity contribution in [3.63, 3.8) is 0 Å². The molecule has 4 heteroatoms. The van der Waals surface area contributed by atoms with Crippen molar-refractivity contribution < 1.29 is 4.79 Å². The van der Waals surface area contributed by atoms with Crippen molar-refractivity contribution in [3.05, 3.63) is 65.5 Å². The van der Waals surface area contributed by atoms with Gasteiger partial charge in [-0.15, -0.1) is 0 Å². The summed E-state index contributed by atoms with van der Waals surface area (Å²) in [5.74, 6) is 0.0173. The molecule has 0 aliphatic rings. The summed E-state index contributed by atoms with van der Waals surface area (Å²) in [5, 5.41) is 11.7. The second-order valence-electron chi connectivity index (χ2n) is 4.88. The first-order valence-corrected chi connectivity index (χ1v) is 6.87. The first-order valence-electron chi connectivity index (χ1n) is 6.87. The number of aromatic nitrogens is 1. The monoisotopic (exact) mass is 279 g/mol. The number of hydrogen-bond donors (Lipinski definition) is 1. The molecule has 1 heterocycles. The molecule has 0 fully saturated rings. The summed E-state index contributed by atoms with van der Waals surface area (Å²) < 4.78 is 0. The minimum Gasteiger partial charge on any atom is -0.350 e. The van der Waals surface area contributed by atoms with E-state index >= 15 is 0 Å². The summed E-state index contributed by atoms with van der Waals surface area (Å²) in [4.78, 5) is 15.9. The van der Waals surface area contributed by atoms with Crippen molar-refractivity contribution in [1.29, 1.82) is 5.26 Å². The van der Waals surface area contributed by atoms with Gasteiger partial charge in [0.05, 0.1) is 17.7 Å². The van der Waals surface area contributed by atoms with Crippen LogP contribution in [0.5, 0.6) is 0 Å². The van der Waals surface area contributed by atoms with E-state index in [0.717, 1.165) is 11.1 Å². The third-order valence-electron chi connectivity index (χ3n) is 3.31. The first kappa shape index (κ1) is 14.7. The van der Waals surface area contributed by atoms with E-state index < -0.39 is 0 Å². The zero-order valence-electron chi connectivity index (χ0n) is 11.9. The lowest BCUT2D eigenvalue weighted by Gasteiger charge is -2.14. The van der Waals surface area contributed by atoms with Crippen molar-refractivity contribution in [2.75, 3.05) is 0 Å². The van der Waals surface area contributed by atoms with E-state index in [2.05, 4.69) is 16.4 Å². The number of benzene rings is 1. The Kier molecular flexibility index (Phi) is 5.05. The topological polar surface area (TPSA) is 65.8 Å².